The van der Waals surface area contributed by atoms with Crippen LogP contribution in [0.25, 0.3) is 0 Å². The lowest BCUT2D eigenvalue weighted by Crippen LogP contribution is -2.38. The normalized spacial score (nSPS) is 23.8. The van der Waals surface area contributed by atoms with Gasteiger partial charge in [-0.2, -0.15) is 0 Å². The van der Waals surface area contributed by atoms with Crippen LogP contribution in [0.2, 0.25) is 5.02 Å². The van der Waals surface area contributed by atoms with Gasteiger partial charge in [-0.3, -0.25) is 19.3 Å². The van der Waals surface area contributed by atoms with Gasteiger partial charge in [0.25, 0.3) is 0 Å². The summed E-state index contributed by atoms with van der Waals surface area (Å²) >= 11 is 5.84. The fourth-order valence-electron chi connectivity index (χ4n) is 3.31. The first-order valence-corrected chi connectivity index (χ1v) is 7.95. The summed E-state index contributed by atoms with van der Waals surface area (Å²) in [6.45, 7) is -0.335. The molecule has 1 aromatic carbocycles. The number of anilines is 1. The van der Waals surface area contributed by atoms with E-state index in [4.69, 9.17) is 11.6 Å². The number of benzene rings is 1. The molecule has 3 rings (SSSR count). The van der Waals surface area contributed by atoms with E-state index in [0.29, 0.717) is 12.8 Å². The van der Waals surface area contributed by atoms with Gasteiger partial charge in [0.05, 0.1) is 22.5 Å². The van der Waals surface area contributed by atoms with Gasteiger partial charge in [-0.15, -0.1) is 0 Å². The number of hydrogen-bond acceptors (Lipinski definition) is 3. The van der Waals surface area contributed by atoms with Crippen LogP contribution in [0, 0.1) is 17.7 Å². The summed E-state index contributed by atoms with van der Waals surface area (Å²) in [5, 5.41) is 2.56. The standard InChI is InChI=1S/C16H16ClFN2O3/c17-12-7-9(18)5-6-13(12)19-14(21)8-20-15(22)10-3-1-2-4-11(10)16(20)23/h5-7,10-11H,1-4,8H2,(H,19,21)/t10-,11-/m1/s1. The fourth-order valence-corrected chi connectivity index (χ4v) is 3.53. The molecule has 122 valence electrons. The van der Waals surface area contributed by atoms with E-state index in [-0.39, 0.29) is 40.9 Å². The molecular formula is C16H16ClFN2O3. The number of halogens is 2. The molecule has 3 amide bonds. The molecule has 1 saturated heterocycles. The first-order chi connectivity index (χ1) is 11.0. The molecule has 1 saturated carbocycles. The summed E-state index contributed by atoms with van der Waals surface area (Å²) in [5.74, 6) is -2.13. The number of rotatable bonds is 3. The number of nitrogens with zero attached hydrogens (tertiary/aromatic N) is 1. The predicted octanol–water partition coefficient (Wildman–Crippen LogP) is 2.59. The van der Waals surface area contributed by atoms with Crippen molar-refractivity contribution >= 4 is 35.0 Å². The second-order valence-electron chi connectivity index (χ2n) is 5.93. The second kappa shape index (κ2) is 6.28. The molecule has 23 heavy (non-hydrogen) atoms. The third-order valence-electron chi connectivity index (χ3n) is 4.44. The Hall–Kier alpha value is -1.95. The lowest BCUT2D eigenvalue weighted by atomic mass is 9.81. The Bertz CT molecular complexity index is 655. The zero-order valence-electron chi connectivity index (χ0n) is 12.4. The number of carbonyl (C=O) groups is 3. The van der Waals surface area contributed by atoms with Gasteiger partial charge in [0.1, 0.15) is 12.4 Å². The third kappa shape index (κ3) is 3.08. The maximum absolute atomic E-state index is 13.0. The first kappa shape index (κ1) is 15.9. The summed E-state index contributed by atoms with van der Waals surface area (Å²) in [7, 11) is 0. The highest BCUT2D eigenvalue weighted by molar-refractivity contribution is 6.33. The van der Waals surface area contributed by atoms with Gasteiger partial charge in [-0.05, 0) is 31.0 Å². The fraction of sp³-hybridized carbons (Fsp3) is 0.438. The maximum Gasteiger partial charge on any atom is 0.244 e. The Kier molecular flexibility index (Phi) is 4.35. The van der Waals surface area contributed by atoms with Gasteiger partial charge in [0.2, 0.25) is 17.7 Å². The highest BCUT2D eigenvalue weighted by Gasteiger charge is 2.48. The van der Waals surface area contributed by atoms with Crippen molar-refractivity contribution in [3.05, 3.63) is 29.0 Å². The van der Waals surface area contributed by atoms with Crippen LogP contribution in [0.15, 0.2) is 18.2 Å². The van der Waals surface area contributed by atoms with Crippen LogP contribution >= 0.6 is 11.6 Å². The van der Waals surface area contributed by atoms with Gasteiger partial charge in [-0.1, -0.05) is 24.4 Å². The smallest absolute Gasteiger partial charge is 0.244 e. The molecule has 0 radical (unpaired) electrons. The van der Waals surface area contributed by atoms with Gasteiger partial charge in [-0.25, -0.2) is 4.39 Å². The summed E-state index contributed by atoms with van der Waals surface area (Å²) in [6.07, 6.45) is 3.28. The minimum absolute atomic E-state index is 0.0612. The Morgan fingerprint density at radius 3 is 2.39 bits per heavy atom. The maximum atomic E-state index is 13.0. The van der Waals surface area contributed by atoms with Crippen molar-refractivity contribution in [2.75, 3.05) is 11.9 Å². The Labute approximate surface area is 137 Å². The number of amides is 3. The van der Waals surface area contributed by atoms with Crippen molar-refractivity contribution in [1.82, 2.24) is 4.90 Å². The molecular weight excluding hydrogens is 323 g/mol. The van der Waals surface area contributed by atoms with E-state index in [1.807, 2.05) is 0 Å². The van der Waals surface area contributed by atoms with Crippen LogP contribution in [0.3, 0.4) is 0 Å². The lowest BCUT2D eigenvalue weighted by molar-refractivity contribution is -0.142. The van der Waals surface area contributed by atoms with Crippen molar-refractivity contribution in [2.24, 2.45) is 11.8 Å². The average Bonchev–Trinajstić information content (AvgIpc) is 2.76. The molecule has 1 N–H and O–H groups in total. The molecule has 7 heteroatoms. The van der Waals surface area contributed by atoms with Crippen LogP contribution in [0.4, 0.5) is 10.1 Å². The second-order valence-corrected chi connectivity index (χ2v) is 6.34. The van der Waals surface area contributed by atoms with Crippen LogP contribution < -0.4 is 5.32 Å². The van der Waals surface area contributed by atoms with E-state index >= 15 is 0 Å². The molecule has 0 spiro atoms. The van der Waals surface area contributed by atoms with E-state index in [1.165, 1.54) is 12.1 Å². The van der Waals surface area contributed by atoms with E-state index in [1.54, 1.807) is 0 Å². The quantitative estimate of drug-likeness (QED) is 0.861. The van der Waals surface area contributed by atoms with E-state index in [9.17, 15) is 18.8 Å². The highest BCUT2D eigenvalue weighted by Crippen LogP contribution is 2.37. The summed E-state index contributed by atoms with van der Waals surface area (Å²) in [6, 6.07) is 3.59. The highest BCUT2D eigenvalue weighted by atomic mass is 35.5. The molecule has 1 aromatic rings. The summed E-state index contributed by atoms with van der Waals surface area (Å²) in [5.41, 5.74) is 0.245. The first-order valence-electron chi connectivity index (χ1n) is 7.57. The zero-order chi connectivity index (χ0) is 16.6. The van der Waals surface area contributed by atoms with Gasteiger partial charge in [0, 0.05) is 0 Å². The van der Waals surface area contributed by atoms with Crippen molar-refractivity contribution < 1.29 is 18.8 Å². The number of carbonyl (C=O) groups excluding carboxylic acids is 3. The molecule has 0 unspecified atom stereocenters. The van der Waals surface area contributed by atoms with Gasteiger partial charge >= 0.3 is 0 Å². The predicted molar refractivity (Wildman–Crippen MR) is 82.2 cm³/mol. The van der Waals surface area contributed by atoms with Gasteiger partial charge < -0.3 is 5.32 Å². The lowest BCUT2D eigenvalue weighted by Gasteiger charge is -2.19. The molecule has 1 aliphatic heterocycles. The largest absolute Gasteiger partial charge is 0.323 e. The SMILES string of the molecule is O=C(CN1C(=O)[C@@H]2CCCC[C@H]2C1=O)Nc1ccc(F)cc1Cl. The van der Waals surface area contributed by atoms with Crippen molar-refractivity contribution in [2.45, 2.75) is 25.7 Å². The number of likely N-dealkylation sites (tertiary alicyclic amines) is 1. The zero-order valence-corrected chi connectivity index (χ0v) is 13.1. The molecule has 2 atom stereocenters. The van der Waals surface area contributed by atoms with Gasteiger partial charge in [0.15, 0.2) is 0 Å². The number of nitrogens with one attached hydrogen (secondary N) is 1. The van der Waals surface area contributed by atoms with Crippen molar-refractivity contribution in [3.8, 4) is 0 Å². The topological polar surface area (TPSA) is 66.5 Å². The molecule has 0 bridgehead atoms. The van der Waals surface area contributed by atoms with Crippen molar-refractivity contribution in [3.63, 3.8) is 0 Å². The number of fused-ring (bicyclic) bond motifs is 1. The van der Waals surface area contributed by atoms with Crippen LogP contribution in [0.1, 0.15) is 25.7 Å². The van der Waals surface area contributed by atoms with Crippen LogP contribution in [-0.4, -0.2) is 29.2 Å². The Morgan fingerprint density at radius 1 is 1.22 bits per heavy atom. The third-order valence-corrected chi connectivity index (χ3v) is 4.75. The average molecular weight is 339 g/mol. The van der Waals surface area contributed by atoms with E-state index in [0.717, 1.165) is 23.8 Å². The monoisotopic (exact) mass is 338 g/mol. The molecule has 2 aliphatic rings. The minimum atomic E-state index is -0.529. The van der Waals surface area contributed by atoms with Crippen LogP contribution in [-0.2, 0) is 14.4 Å². The Balaban J connectivity index is 1.68. The summed E-state index contributed by atoms with van der Waals surface area (Å²) < 4.78 is 13.0. The minimum Gasteiger partial charge on any atom is -0.323 e. The Morgan fingerprint density at radius 2 is 1.83 bits per heavy atom. The van der Waals surface area contributed by atoms with Crippen molar-refractivity contribution in [1.29, 1.82) is 0 Å². The molecule has 1 aliphatic carbocycles. The molecule has 2 fully saturated rings. The molecule has 0 aromatic heterocycles. The van der Waals surface area contributed by atoms with E-state index in [2.05, 4.69) is 5.32 Å². The van der Waals surface area contributed by atoms with Crippen LogP contribution in [0.5, 0.6) is 0 Å². The molecule has 5 nitrogen and oxygen atoms in total. The number of hydrogen-bond donors (Lipinski definition) is 1. The number of imide groups is 1. The summed E-state index contributed by atoms with van der Waals surface area (Å²) in [4.78, 5) is 37.7. The molecule has 1 heterocycles. The van der Waals surface area contributed by atoms with E-state index < -0.39 is 11.7 Å².